The maximum Gasteiger partial charge on any atom is 0.0543 e. The second kappa shape index (κ2) is 592. The molecule has 0 heterocycles. The Morgan fingerprint density at radius 2 is 0.400 bits per heavy atom. The van der Waals surface area contributed by atoms with Gasteiger partial charge >= 0.3 is 0 Å². The Hall–Kier alpha value is 4.47. The van der Waals surface area contributed by atoms with Crippen molar-refractivity contribution in [3.05, 3.63) is 0 Å². The molecule has 4 unspecified atom stereocenters. The summed E-state index contributed by atoms with van der Waals surface area (Å²) in [6, 6.07) is 0. The van der Waals surface area contributed by atoms with Crippen molar-refractivity contribution >= 4 is 36.7 Å². The first-order valence-corrected chi connectivity index (χ1v) is 10.0. The third kappa shape index (κ3) is 518. The molecule has 0 saturated carbocycles. The first-order valence-electron chi connectivity index (χ1n) is 8.00. The summed E-state index contributed by atoms with van der Waals surface area (Å²) in [5, 5.41) is 0. The summed E-state index contributed by atoms with van der Waals surface area (Å²) < 4.78 is 24.9. The molecule has 4 atom stereocenters. The Morgan fingerprint density at radius 3 is 0.400 bits per heavy atom. The Bertz CT molecular complexity index is 51.0. The molecular formula is C12H44P4W4. The van der Waals surface area contributed by atoms with Crippen LogP contribution in [0.5, 0.6) is 0 Å². The van der Waals surface area contributed by atoms with Crippen molar-refractivity contribution in [2.45, 2.75) is 55.4 Å². The van der Waals surface area contributed by atoms with Gasteiger partial charge in [-0.25, -0.2) is 0 Å². The van der Waals surface area contributed by atoms with Crippen LogP contribution in [0.3, 0.4) is 0 Å². The molecule has 0 aliphatic heterocycles. The first-order chi connectivity index (χ1) is 9.66. The summed E-state index contributed by atoms with van der Waals surface area (Å²) >= 11 is 0. The van der Waals surface area contributed by atoms with Gasteiger partial charge in [-0.3, -0.25) is 0 Å². The van der Waals surface area contributed by atoms with E-state index < -0.39 is 0 Å². The molecule has 0 aromatic rings. The maximum atomic E-state index is 6.24. The van der Waals surface area contributed by atoms with Crippen LogP contribution < -0.4 is 0 Å². The fraction of sp³-hybridized carbons (Fsp3) is 1.00. The van der Waals surface area contributed by atoms with Gasteiger partial charge in [0.1, 0.15) is 0 Å². The largest absolute Gasteiger partial charge is 0.141 e. The second-order valence-electron chi connectivity index (χ2n) is 0. The minimum atomic E-state index is 0. The van der Waals surface area contributed by atoms with Gasteiger partial charge in [0, 0.05) is 84.3 Å². The molecule has 0 aliphatic rings. The van der Waals surface area contributed by atoms with E-state index in [0.29, 0.717) is 36.7 Å². The van der Waals surface area contributed by atoms with Crippen LogP contribution in [-0.2, 0) is 84.3 Å². The molecule has 0 radical (unpaired) electrons. The van der Waals surface area contributed by atoms with Crippen LogP contribution in [-0.4, -0.2) is 31.8 Å². The third-order valence-electron chi connectivity index (χ3n) is 0. The molecule has 0 N–H and O–H groups in total. The predicted octanol–water partition coefficient (Wildman–Crippen LogP) is 6.06. The van der Waals surface area contributed by atoms with Gasteiger partial charge < -0.3 is 0 Å². The van der Waals surface area contributed by atoms with Crippen LogP contribution in [0.4, 0.5) is 0 Å². The monoisotopic (exact) mass is 1060 g/mol. The van der Waals surface area contributed by atoms with Gasteiger partial charge in [-0.2, -0.15) is 0 Å². The summed E-state index contributed by atoms with van der Waals surface area (Å²) in [5.41, 5.74) is 0. The van der Waals surface area contributed by atoms with Gasteiger partial charge in [0.25, 0.3) is 0 Å². The van der Waals surface area contributed by atoms with Crippen LogP contribution in [0.2, 0.25) is 0 Å². The zero-order chi connectivity index (χ0) is 18.8. The van der Waals surface area contributed by atoms with E-state index in [1.165, 1.54) is 0 Å². The molecule has 20 heavy (non-hydrogen) atoms. The average molecular weight is 1060 g/mol. The molecule has 0 aromatic heterocycles. The molecule has 136 valence electrons. The van der Waals surface area contributed by atoms with Crippen molar-refractivity contribution in [3.8, 4) is 0 Å². The van der Waals surface area contributed by atoms with Crippen molar-refractivity contribution in [2.75, 3.05) is 26.7 Å². The molecule has 0 aromatic carbocycles. The van der Waals surface area contributed by atoms with Gasteiger partial charge in [-0.1, -0.05) is 82.0 Å². The minimum absolute atomic E-state index is 0. The van der Waals surface area contributed by atoms with Crippen molar-refractivity contribution in [1.82, 2.24) is 0 Å². The van der Waals surface area contributed by atoms with Crippen molar-refractivity contribution in [3.63, 3.8) is 0 Å². The first kappa shape index (κ1) is 49.7. The molecular weight excluding hydrogens is 1000 g/mol. The number of hydrogen-bond acceptors (Lipinski definition) is 0. The normalized spacial score (nSPS) is 7.40. The average Bonchev–Trinajstić information content (AvgIpc) is 2.50. The van der Waals surface area contributed by atoms with Crippen molar-refractivity contribution in [2.24, 2.45) is 0 Å². The second-order valence-corrected chi connectivity index (χ2v) is 0. The molecule has 0 rings (SSSR count). The van der Waals surface area contributed by atoms with E-state index in [4.69, 9.17) is 5.11 Å². The molecule has 0 amide bonds. The summed E-state index contributed by atoms with van der Waals surface area (Å²) in [6.45, 7) is 23.3. The third-order valence-corrected chi connectivity index (χ3v) is 0. The van der Waals surface area contributed by atoms with Crippen LogP contribution >= 0.6 is 36.7 Å². The van der Waals surface area contributed by atoms with E-state index in [9.17, 15) is 0 Å². The van der Waals surface area contributed by atoms with E-state index in [1.54, 1.807) is 0 Å². The summed E-state index contributed by atoms with van der Waals surface area (Å²) in [5.74, 6) is 0. The van der Waals surface area contributed by atoms with Crippen LogP contribution in [0.25, 0.3) is 0 Å². The van der Waals surface area contributed by atoms with E-state index in [1.807, 2.05) is 82.0 Å². The van der Waals surface area contributed by atoms with Crippen molar-refractivity contribution in [1.29, 1.82) is 5.11 Å². The van der Waals surface area contributed by atoms with E-state index in [0.717, 1.165) is 0 Å². The van der Waals surface area contributed by atoms with Crippen LogP contribution in [0.1, 0.15) is 55.4 Å². The summed E-state index contributed by atoms with van der Waals surface area (Å²) in [7, 11) is 1.33. The van der Waals surface area contributed by atoms with Crippen LogP contribution in [0.15, 0.2) is 0 Å². The Labute approximate surface area is 206 Å². The molecule has 0 saturated heterocycles. The smallest absolute Gasteiger partial charge is 0.0543 e. The minimum Gasteiger partial charge on any atom is -0.141 e. The molecule has 0 nitrogen and oxygen atoms in total. The van der Waals surface area contributed by atoms with E-state index >= 15 is 0 Å². The van der Waals surface area contributed by atoms with Gasteiger partial charge in [-0.05, 0) is 0 Å². The van der Waals surface area contributed by atoms with Gasteiger partial charge in [-0.15, -0.1) is 36.7 Å². The Balaban J connectivity index is -0.00000000675. The Kier molecular flexibility index (Phi) is 1470. The SMILES string of the molecule is CC.CC.CC.CC.[3H]PC.[3H]PC.[3H]PC.[3H]PC.[W].[W].[W].[W]. The summed E-state index contributed by atoms with van der Waals surface area (Å²) in [6.07, 6.45) is 0. The van der Waals surface area contributed by atoms with Crippen molar-refractivity contribution < 1.29 is 84.3 Å². The zero-order valence-electron chi connectivity index (χ0n) is 19.6. The number of rotatable bonds is 0. The van der Waals surface area contributed by atoms with Crippen LogP contribution in [0, 0.1) is 0 Å². The molecule has 0 fully saturated rings. The summed E-state index contributed by atoms with van der Waals surface area (Å²) in [4.78, 5) is 0. The molecule has 0 spiro atoms. The van der Waals surface area contributed by atoms with Gasteiger partial charge in [0.05, 0.1) is 5.11 Å². The quantitative estimate of drug-likeness (QED) is 0.260. The zero-order valence-corrected chi connectivity index (χ0v) is 31.4. The van der Waals surface area contributed by atoms with E-state index in [-0.39, 0.29) is 84.3 Å². The maximum absolute atomic E-state index is 6.24. The molecule has 0 aliphatic carbocycles. The molecule has 0 bridgehead atoms. The molecule has 8 heteroatoms. The standard InChI is InChI=1S/4C2H6.4CH5P.4W/c8*1-2;;;;/h4*1-2H3;4*2H2,1H3;;;;/i;;;;4*2T;;;;. The Morgan fingerprint density at radius 1 is 0.400 bits per heavy atom. The van der Waals surface area contributed by atoms with E-state index in [2.05, 4.69) is 0 Å². The van der Waals surface area contributed by atoms with Gasteiger partial charge in [0.15, 0.2) is 0 Å². The fourth-order valence-electron chi connectivity index (χ4n) is 0. The topological polar surface area (TPSA) is 0 Å². The predicted molar refractivity (Wildman–Crippen MR) is 108 cm³/mol. The number of hydrogen-bond donors (Lipinski definition) is 0. The van der Waals surface area contributed by atoms with Gasteiger partial charge in [0.2, 0.25) is 0 Å². The fourth-order valence-corrected chi connectivity index (χ4v) is 0.